The maximum absolute atomic E-state index is 11.2. The van der Waals surface area contributed by atoms with E-state index in [0.717, 1.165) is 25.5 Å². The third-order valence-corrected chi connectivity index (χ3v) is 2.72. The minimum Gasteiger partial charge on any atom is -0.369 e. The number of hydrogen-bond donors (Lipinski definition) is 3. The molecule has 0 aromatic carbocycles. The summed E-state index contributed by atoms with van der Waals surface area (Å²) in [5.74, 6) is 0.427. The second-order valence-electron chi connectivity index (χ2n) is 5.08. The fraction of sp³-hybridized carbons (Fsp3) is 0.846. The van der Waals surface area contributed by atoms with Crippen molar-refractivity contribution in [3.05, 3.63) is 0 Å². The normalized spacial score (nSPS) is 12.3. The molecule has 18 heavy (non-hydrogen) atoms. The summed E-state index contributed by atoms with van der Waals surface area (Å²) in [4.78, 5) is 15.6. The molecule has 0 aliphatic rings. The summed E-state index contributed by atoms with van der Waals surface area (Å²) in [6, 6.07) is 0. The number of carbonyl (C=O) groups is 1. The molecule has 0 saturated carbocycles. The maximum atomic E-state index is 11.2. The van der Waals surface area contributed by atoms with Crippen LogP contribution >= 0.6 is 0 Å². The van der Waals surface area contributed by atoms with Gasteiger partial charge in [-0.25, -0.2) is 0 Å². The molecule has 0 fully saturated rings. The molecule has 0 aromatic heterocycles. The molecule has 5 nitrogen and oxygen atoms in total. The molecule has 0 aromatic rings. The molecule has 0 aliphatic carbocycles. The van der Waals surface area contributed by atoms with Crippen LogP contribution in [0, 0.1) is 5.41 Å². The zero-order chi connectivity index (χ0) is 14.0. The lowest BCUT2D eigenvalue weighted by Crippen LogP contribution is -2.40. The number of unbranched alkanes of at least 4 members (excludes halogenated alkanes) is 2. The van der Waals surface area contributed by atoms with Gasteiger partial charge in [0.1, 0.15) is 0 Å². The highest BCUT2D eigenvalue weighted by atomic mass is 16.1. The molecule has 1 amide bonds. The van der Waals surface area contributed by atoms with Crippen LogP contribution in [-0.2, 0) is 4.79 Å². The van der Waals surface area contributed by atoms with Crippen molar-refractivity contribution in [1.29, 1.82) is 0 Å². The Labute approximate surface area is 111 Å². The number of primary amides is 1. The first-order valence-corrected chi connectivity index (χ1v) is 6.76. The van der Waals surface area contributed by atoms with Gasteiger partial charge in [-0.1, -0.05) is 19.8 Å². The van der Waals surface area contributed by atoms with Crippen molar-refractivity contribution in [3.8, 4) is 0 Å². The quantitative estimate of drug-likeness (QED) is 0.347. The minimum absolute atomic E-state index is 0.326. The fourth-order valence-electron chi connectivity index (χ4n) is 1.28. The molecule has 0 spiro atoms. The van der Waals surface area contributed by atoms with Gasteiger partial charge in [0.05, 0.1) is 12.0 Å². The lowest BCUT2D eigenvalue weighted by atomic mass is 9.93. The monoisotopic (exact) mass is 256 g/mol. The third kappa shape index (κ3) is 7.14. The zero-order valence-electron chi connectivity index (χ0n) is 12.2. The standard InChI is InChI=1S/C13H28N4O/c1-5-7-8-9-16-12(15-6-2)17-10-13(3,4)11(14)18/h5-10H2,1-4H3,(H2,14,18)(H2,15,16,17). The van der Waals surface area contributed by atoms with E-state index < -0.39 is 5.41 Å². The molecule has 0 unspecified atom stereocenters. The smallest absolute Gasteiger partial charge is 0.224 e. The zero-order valence-corrected chi connectivity index (χ0v) is 12.2. The van der Waals surface area contributed by atoms with Crippen molar-refractivity contribution < 1.29 is 4.79 Å². The van der Waals surface area contributed by atoms with Gasteiger partial charge in [-0.15, -0.1) is 0 Å². The number of nitrogens with one attached hydrogen (secondary N) is 2. The Morgan fingerprint density at radius 2 is 1.89 bits per heavy atom. The van der Waals surface area contributed by atoms with Crippen molar-refractivity contribution >= 4 is 11.9 Å². The number of nitrogens with two attached hydrogens (primary N) is 1. The van der Waals surface area contributed by atoms with E-state index in [0.29, 0.717) is 6.54 Å². The molecule has 0 bridgehead atoms. The van der Waals surface area contributed by atoms with Gasteiger partial charge in [-0.3, -0.25) is 9.79 Å². The molecule has 4 N–H and O–H groups in total. The van der Waals surface area contributed by atoms with Crippen LogP contribution in [0.4, 0.5) is 0 Å². The van der Waals surface area contributed by atoms with E-state index in [1.807, 2.05) is 6.92 Å². The van der Waals surface area contributed by atoms with Gasteiger partial charge < -0.3 is 16.4 Å². The Kier molecular flexibility index (Phi) is 8.16. The van der Waals surface area contributed by atoms with Crippen LogP contribution in [0.1, 0.15) is 47.0 Å². The molecular formula is C13H28N4O. The predicted octanol–water partition coefficient (Wildman–Crippen LogP) is 1.24. The number of aliphatic imine (C=N–C) groups is 1. The van der Waals surface area contributed by atoms with E-state index in [4.69, 9.17) is 5.73 Å². The number of nitrogens with zero attached hydrogens (tertiary/aromatic N) is 1. The van der Waals surface area contributed by atoms with Crippen molar-refractivity contribution in [3.63, 3.8) is 0 Å². The van der Waals surface area contributed by atoms with Gasteiger partial charge >= 0.3 is 0 Å². The lowest BCUT2D eigenvalue weighted by molar-refractivity contribution is -0.125. The van der Waals surface area contributed by atoms with Crippen LogP contribution in [0.3, 0.4) is 0 Å². The first kappa shape index (κ1) is 16.7. The molecule has 0 rings (SSSR count). The summed E-state index contributed by atoms with van der Waals surface area (Å²) in [6.07, 6.45) is 3.53. The topological polar surface area (TPSA) is 79.5 Å². The molecule has 0 saturated heterocycles. The summed E-state index contributed by atoms with van der Waals surface area (Å²) < 4.78 is 0. The predicted molar refractivity (Wildman–Crippen MR) is 76.5 cm³/mol. The van der Waals surface area contributed by atoms with Crippen molar-refractivity contribution in [2.45, 2.75) is 47.0 Å². The van der Waals surface area contributed by atoms with Gasteiger partial charge in [0.2, 0.25) is 5.91 Å². The highest BCUT2D eigenvalue weighted by molar-refractivity contribution is 5.82. The number of rotatable bonds is 8. The maximum Gasteiger partial charge on any atom is 0.224 e. The lowest BCUT2D eigenvalue weighted by Gasteiger charge is -2.19. The Balaban J connectivity index is 4.26. The van der Waals surface area contributed by atoms with E-state index in [2.05, 4.69) is 22.5 Å². The minimum atomic E-state index is -0.605. The van der Waals surface area contributed by atoms with Gasteiger partial charge in [0.25, 0.3) is 0 Å². The Morgan fingerprint density at radius 3 is 2.39 bits per heavy atom. The Bertz CT molecular complexity index is 274. The number of guanidine groups is 1. The highest BCUT2D eigenvalue weighted by Gasteiger charge is 2.24. The number of hydrogen-bond acceptors (Lipinski definition) is 2. The number of carbonyl (C=O) groups excluding carboxylic acids is 1. The molecular weight excluding hydrogens is 228 g/mol. The first-order chi connectivity index (χ1) is 8.44. The van der Waals surface area contributed by atoms with Gasteiger partial charge in [-0.05, 0) is 27.2 Å². The second kappa shape index (κ2) is 8.78. The van der Waals surface area contributed by atoms with Gasteiger partial charge in [0, 0.05) is 13.1 Å². The SMILES string of the molecule is CCCCCNC(=NCC(C)(C)C(N)=O)NCC. The summed E-state index contributed by atoms with van der Waals surface area (Å²) in [7, 11) is 0. The molecule has 5 heteroatoms. The van der Waals surface area contributed by atoms with E-state index in [-0.39, 0.29) is 5.91 Å². The van der Waals surface area contributed by atoms with E-state index in [1.54, 1.807) is 13.8 Å². The first-order valence-electron chi connectivity index (χ1n) is 6.76. The van der Waals surface area contributed by atoms with Crippen LogP contribution in [0.2, 0.25) is 0 Å². The molecule has 0 radical (unpaired) electrons. The van der Waals surface area contributed by atoms with Crippen LogP contribution in [-0.4, -0.2) is 31.5 Å². The Hall–Kier alpha value is -1.26. The second-order valence-corrected chi connectivity index (χ2v) is 5.08. The summed E-state index contributed by atoms with van der Waals surface area (Å²) in [5.41, 5.74) is 4.72. The van der Waals surface area contributed by atoms with Gasteiger partial charge in [0.15, 0.2) is 5.96 Å². The van der Waals surface area contributed by atoms with Crippen LogP contribution in [0.15, 0.2) is 4.99 Å². The molecule has 0 heterocycles. The van der Waals surface area contributed by atoms with E-state index >= 15 is 0 Å². The summed E-state index contributed by atoms with van der Waals surface area (Å²) in [5, 5.41) is 6.41. The highest BCUT2D eigenvalue weighted by Crippen LogP contribution is 2.13. The van der Waals surface area contributed by atoms with E-state index in [9.17, 15) is 4.79 Å². The molecule has 106 valence electrons. The van der Waals surface area contributed by atoms with Crippen molar-refractivity contribution in [1.82, 2.24) is 10.6 Å². The average molecular weight is 256 g/mol. The number of amides is 1. The van der Waals surface area contributed by atoms with Crippen LogP contribution in [0.5, 0.6) is 0 Å². The van der Waals surface area contributed by atoms with Gasteiger partial charge in [-0.2, -0.15) is 0 Å². The van der Waals surface area contributed by atoms with Crippen molar-refractivity contribution in [2.75, 3.05) is 19.6 Å². The largest absolute Gasteiger partial charge is 0.369 e. The summed E-state index contributed by atoms with van der Waals surface area (Å²) >= 11 is 0. The van der Waals surface area contributed by atoms with Crippen LogP contribution in [0.25, 0.3) is 0 Å². The van der Waals surface area contributed by atoms with Crippen LogP contribution < -0.4 is 16.4 Å². The van der Waals surface area contributed by atoms with Crippen molar-refractivity contribution in [2.24, 2.45) is 16.1 Å². The Morgan fingerprint density at radius 1 is 1.22 bits per heavy atom. The fourth-order valence-corrected chi connectivity index (χ4v) is 1.28. The molecule has 0 atom stereocenters. The average Bonchev–Trinajstić information content (AvgIpc) is 2.31. The van der Waals surface area contributed by atoms with E-state index in [1.165, 1.54) is 12.8 Å². The third-order valence-electron chi connectivity index (χ3n) is 2.72. The summed E-state index contributed by atoms with van der Waals surface area (Å²) in [6.45, 7) is 9.90. The molecule has 0 aliphatic heterocycles.